The Labute approximate surface area is 134 Å². The van der Waals surface area contributed by atoms with E-state index in [4.69, 9.17) is 4.74 Å². The summed E-state index contributed by atoms with van der Waals surface area (Å²) in [5.74, 6) is -0.321. The second-order valence-corrected chi connectivity index (χ2v) is 5.08. The Bertz CT molecular complexity index is 696. The SMILES string of the molecule is COC(=O)c1cccc(NC(=O)c2ccc(OC(C)C)nc2)c1. The van der Waals surface area contributed by atoms with Gasteiger partial charge < -0.3 is 14.8 Å². The molecule has 0 saturated heterocycles. The van der Waals surface area contributed by atoms with Crippen LogP contribution in [-0.4, -0.2) is 30.1 Å². The molecule has 0 aliphatic rings. The molecule has 2 rings (SSSR count). The third kappa shape index (κ3) is 4.54. The van der Waals surface area contributed by atoms with Crippen LogP contribution in [0.2, 0.25) is 0 Å². The number of esters is 1. The first-order valence-electron chi connectivity index (χ1n) is 7.12. The number of methoxy groups -OCH3 is 1. The average Bonchev–Trinajstić information content (AvgIpc) is 2.54. The first kappa shape index (κ1) is 16.5. The minimum atomic E-state index is -0.460. The van der Waals surface area contributed by atoms with E-state index in [0.29, 0.717) is 22.7 Å². The molecular weight excluding hydrogens is 296 g/mol. The number of carbonyl (C=O) groups is 2. The van der Waals surface area contributed by atoms with Crippen molar-refractivity contribution >= 4 is 17.6 Å². The van der Waals surface area contributed by atoms with Gasteiger partial charge >= 0.3 is 5.97 Å². The Hall–Kier alpha value is -2.89. The van der Waals surface area contributed by atoms with E-state index in [-0.39, 0.29) is 12.0 Å². The summed E-state index contributed by atoms with van der Waals surface area (Å²) >= 11 is 0. The molecule has 0 atom stereocenters. The van der Waals surface area contributed by atoms with Gasteiger partial charge in [0.25, 0.3) is 5.91 Å². The van der Waals surface area contributed by atoms with Gasteiger partial charge in [-0.1, -0.05) is 6.07 Å². The molecule has 1 N–H and O–H groups in total. The molecule has 1 amide bonds. The van der Waals surface area contributed by atoms with Crippen molar-refractivity contribution in [1.82, 2.24) is 4.98 Å². The Morgan fingerprint density at radius 3 is 2.52 bits per heavy atom. The molecular formula is C17H18N2O4. The highest BCUT2D eigenvalue weighted by Gasteiger charge is 2.10. The monoisotopic (exact) mass is 314 g/mol. The molecule has 0 aliphatic heterocycles. The number of nitrogens with one attached hydrogen (secondary N) is 1. The van der Waals surface area contributed by atoms with Crippen LogP contribution in [0.5, 0.6) is 5.88 Å². The third-order valence-corrected chi connectivity index (χ3v) is 2.90. The molecule has 120 valence electrons. The van der Waals surface area contributed by atoms with Gasteiger partial charge in [-0.2, -0.15) is 0 Å². The fourth-order valence-electron chi connectivity index (χ4n) is 1.87. The number of benzene rings is 1. The smallest absolute Gasteiger partial charge is 0.337 e. The van der Waals surface area contributed by atoms with Crippen LogP contribution in [0, 0.1) is 0 Å². The second-order valence-electron chi connectivity index (χ2n) is 5.08. The van der Waals surface area contributed by atoms with Crippen molar-refractivity contribution in [1.29, 1.82) is 0 Å². The first-order valence-corrected chi connectivity index (χ1v) is 7.12. The van der Waals surface area contributed by atoms with Crippen LogP contribution in [0.25, 0.3) is 0 Å². The summed E-state index contributed by atoms with van der Waals surface area (Å²) in [6, 6.07) is 9.78. The van der Waals surface area contributed by atoms with Gasteiger partial charge in [-0.25, -0.2) is 9.78 Å². The van der Waals surface area contributed by atoms with Gasteiger partial charge in [-0.3, -0.25) is 4.79 Å². The number of carbonyl (C=O) groups excluding carboxylic acids is 2. The van der Waals surface area contributed by atoms with Crippen LogP contribution < -0.4 is 10.1 Å². The van der Waals surface area contributed by atoms with E-state index in [2.05, 4.69) is 15.0 Å². The Morgan fingerprint density at radius 1 is 1.13 bits per heavy atom. The zero-order chi connectivity index (χ0) is 16.8. The number of pyridine rings is 1. The second kappa shape index (κ2) is 7.40. The Kier molecular flexibility index (Phi) is 5.30. The molecule has 0 unspecified atom stereocenters. The summed E-state index contributed by atoms with van der Waals surface area (Å²) in [5, 5.41) is 2.71. The lowest BCUT2D eigenvalue weighted by molar-refractivity contribution is 0.0600. The molecule has 2 aromatic rings. The van der Waals surface area contributed by atoms with E-state index < -0.39 is 5.97 Å². The minimum absolute atomic E-state index is 0.0169. The van der Waals surface area contributed by atoms with E-state index in [1.54, 1.807) is 36.4 Å². The van der Waals surface area contributed by atoms with Crippen molar-refractivity contribution < 1.29 is 19.1 Å². The van der Waals surface area contributed by atoms with Crippen molar-refractivity contribution in [3.8, 4) is 5.88 Å². The van der Waals surface area contributed by atoms with E-state index in [1.165, 1.54) is 13.3 Å². The number of anilines is 1. The zero-order valence-corrected chi connectivity index (χ0v) is 13.2. The molecule has 0 aliphatic carbocycles. The van der Waals surface area contributed by atoms with E-state index >= 15 is 0 Å². The molecule has 0 spiro atoms. The lowest BCUT2D eigenvalue weighted by Crippen LogP contribution is -2.13. The van der Waals surface area contributed by atoms with Crippen molar-refractivity contribution in [2.45, 2.75) is 20.0 Å². The third-order valence-electron chi connectivity index (χ3n) is 2.90. The number of rotatable bonds is 5. The number of ether oxygens (including phenoxy) is 2. The van der Waals surface area contributed by atoms with Gasteiger partial charge in [0.2, 0.25) is 5.88 Å². The largest absolute Gasteiger partial charge is 0.475 e. The number of hydrogen-bond acceptors (Lipinski definition) is 5. The molecule has 1 aromatic heterocycles. The Morgan fingerprint density at radius 2 is 1.91 bits per heavy atom. The van der Waals surface area contributed by atoms with Crippen molar-refractivity contribution in [2.24, 2.45) is 0 Å². The molecule has 1 heterocycles. The molecule has 0 bridgehead atoms. The molecule has 6 heteroatoms. The summed E-state index contributed by atoms with van der Waals surface area (Å²) in [5.41, 5.74) is 1.26. The molecule has 23 heavy (non-hydrogen) atoms. The van der Waals surface area contributed by atoms with Crippen molar-refractivity contribution in [2.75, 3.05) is 12.4 Å². The van der Waals surface area contributed by atoms with Crippen LogP contribution in [0.15, 0.2) is 42.6 Å². The molecule has 1 aromatic carbocycles. The summed E-state index contributed by atoms with van der Waals surface area (Å²) in [7, 11) is 1.31. The Balaban J connectivity index is 2.08. The quantitative estimate of drug-likeness (QED) is 0.859. The normalized spacial score (nSPS) is 10.3. The summed E-state index contributed by atoms with van der Waals surface area (Å²) in [6.07, 6.45) is 1.46. The minimum Gasteiger partial charge on any atom is -0.475 e. The standard InChI is InChI=1S/C17H18N2O4/c1-11(2)23-15-8-7-13(10-18-15)16(20)19-14-6-4-5-12(9-14)17(21)22-3/h4-11H,1-3H3,(H,19,20). The van der Waals surface area contributed by atoms with Crippen LogP contribution in [-0.2, 0) is 4.74 Å². The van der Waals surface area contributed by atoms with Crippen molar-refractivity contribution in [3.63, 3.8) is 0 Å². The average molecular weight is 314 g/mol. The highest BCUT2D eigenvalue weighted by molar-refractivity contribution is 6.04. The van der Waals surface area contributed by atoms with Crippen LogP contribution >= 0.6 is 0 Å². The molecule has 0 saturated carbocycles. The highest BCUT2D eigenvalue weighted by Crippen LogP contribution is 2.14. The highest BCUT2D eigenvalue weighted by atomic mass is 16.5. The molecule has 0 radical (unpaired) electrons. The van der Waals surface area contributed by atoms with Gasteiger partial charge in [-0.05, 0) is 38.1 Å². The number of amides is 1. The van der Waals surface area contributed by atoms with Crippen LogP contribution in [0.3, 0.4) is 0 Å². The maximum atomic E-state index is 12.2. The molecule has 0 fully saturated rings. The van der Waals surface area contributed by atoms with E-state index in [1.807, 2.05) is 13.8 Å². The maximum absolute atomic E-state index is 12.2. The predicted octanol–water partition coefficient (Wildman–Crippen LogP) is 2.91. The number of nitrogens with zero attached hydrogens (tertiary/aromatic N) is 1. The van der Waals surface area contributed by atoms with Gasteiger partial charge in [0.15, 0.2) is 0 Å². The number of hydrogen-bond donors (Lipinski definition) is 1. The fourth-order valence-corrected chi connectivity index (χ4v) is 1.87. The zero-order valence-electron chi connectivity index (χ0n) is 13.2. The van der Waals surface area contributed by atoms with Crippen molar-refractivity contribution in [3.05, 3.63) is 53.7 Å². The van der Waals surface area contributed by atoms with Crippen LogP contribution in [0.4, 0.5) is 5.69 Å². The van der Waals surface area contributed by atoms with E-state index in [0.717, 1.165) is 0 Å². The number of aromatic nitrogens is 1. The van der Waals surface area contributed by atoms with Gasteiger partial charge in [0, 0.05) is 18.0 Å². The molecule has 6 nitrogen and oxygen atoms in total. The topological polar surface area (TPSA) is 77.5 Å². The summed E-state index contributed by atoms with van der Waals surface area (Å²) < 4.78 is 10.1. The van der Waals surface area contributed by atoms with Gasteiger partial charge in [0.1, 0.15) is 0 Å². The predicted molar refractivity (Wildman–Crippen MR) is 85.7 cm³/mol. The lowest BCUT2D eigenvalue weighted by Gasteiger charge is -2.09. The van der Waals surface area contributed by atoms with E-state index in [9.17, 15) is 9.59 Å². The van der Waals surface area contributed by atoms with Crippen LogP contribution in [0.1, 0.15) is 34.6 Å². The summed E-state index contributed by atoms with van der Waals surface area (Å²) in [4.78, 5) is 27.8. The summed E-state index contributed by atoms with van der Waals surface area (Å²) in [6.45, 7) is 3.80. The fraction of sp³-hybridized carbons (Fsp3) is 0.235. The maximum Gasteiger partial charge on any atom is 0.337 e. The van der Waals surface area contributed by atoms with Gasteiger partial charge in [0.05, 0.1) is 24.3 Å². The lowest BCUT2D eigenvalue weighted by atomic mass is 10.2. The first-order chi connectivity index (χ1) is 11.0. The van der Waals surface area contributed by atoms with Gasteiger partial charge in [-0.15, -0.1) is 0 Å².